The second-order valence-electron chi connectivity index (χ2n) is 10.5. The first-order valence-electron chi connectivity index (χ1n) is 14.4. The lowest BCUT2D eigenvalue weighted by Gasteiger charge is -2.31. The molecular weight excluding hydrogens is 486 g/mol. The van der Waals surface area contributed by atoms with E-state index in [1.165, 1.54) is 33.4 Å². The Morgan fingerprint density at radius 3 is 2.33 bits per heavy atom. The molecule has 2 atom stereocenters. The summed E-state index contributed by atoms with van der Waals surface area (Å²) < 4.78 is 11.5. The van der Waals surface area contributed by atoms with E-state index in [4.69, 9.17) is 9.47 Å². The predicted molar refractivity (Wildman–Crippen MR) is 157 cm³/mol. The Hall–Kier alpha value is -3.15. The molecule has 208 valence electrons. The lowest BCUT2D eigenvalue weighted by molar-refractivity contribution is -0.149. The number of hydrogen-bond donors (Lipinski definition) is 1. The fourth-order valence-electron chi connectivity index (χ4n) is 5.64. The number of aliphatic carboxylic acids is 1. The third-order valence-electron chi connectivity index (χ3n) is 7.76. The maximum Gasteiger partial charge on any atom is 0.333 e. The number of carboxylic acids is 1. The van der Waals surface area contributed by atoms with Crippen LogP contribution in [-0.2, 0) is 41.6 Å². The molecule has 3 aromatic carbocycles. The van der Waals surface area contributed by atoms with Crippen molar-refractivity contribution < 1.29 is 19.4 Å². The fraction of sp³-hybridized carbons (Fsp3) is 0.441. The van der Waals surface area contributed by atoms with E-state index in [-0.39, 0.29) is 6.04 Å². The van der Waals surface area contributed by atoms with Gasteiger partial charge in [-0.25, -0.2) is 4.79 Å². The highest BCUT2D eigenvalue weighted by Crippen LogP contribution is 2.37. The molecule has 39 heavy (non-hydrogen) atoms. The first kappa shape index (κ1) is 28.8. The van der Waals surface area contributed by atoms with Crippen molar-refractivity contribution in [2.75, 3.05) is 26.8 Å². The summed E-state index contributed by atoms with van der Waals surface area (Å²) in [4.78, 5) is 13.8. The Morgan fingerprint density at radius 2 is 1.64 bits per heavy atom. The topological polar surface area (TPSA) is 59.0 Å². The first-order chi connectivity index (χ1) is 18.9. The van der Waals surface area contributed by atoms with E-state index in [9.17, 15) is 9.90 Å². The van der Waals surface area contributed by atoms with Crippen LogP contribution in [-0.4, -0.2) is 48.9 Å². The highest BCUT2D eigenvalue weighted by molar-refractivity contribution is 5.72. The Kier molecular flexibility index (Phi) is 10.2. The Morgan fingerprint density at radius 1 is 0.923 bits per heavy atom. The van der Waals surface area contributed by atoms with Crippen molar-refractivity contribution in [2.24, 2.45) is 0 Å². The molecule has 0 spiro atoms. The molecule has 0 amide bonds. The van der Waals surface area contributed by atoms with Crippen LogP contribution in [0.3, 0.4) is 0 Å². The van der Waals surface area contributed by atoms with E-state index in [1.807, 2.05) is 31.2 Å². The summed E-state index contributed by atoms with van der Waals surface area (Å²) in [5.74, 6) is -0.149. The van der Waals surface area contributed by atoms with E-state index >= 15 is 0 Å². The first-order valence-corrected chi connectivity index (χ1v) is 14.4. The van der Waals surface area contributed by atoms with Gasteiger partial charge in [-0.15, -0.1) is 0 Å². The number of likely N-dealkylation sites (N-methyl/N-ethyl adjacent to an activating group) is 1. The smallest absolute Gasteiger partial charge is 0.333 e. The van der Waals surface area contributed by atoms with Crippen molar-refractivity contribution in [3.8, 4) is 5.75 Å². The zero-order chi connectivity index (χ0) is 27.8. The molecule has 0 saturated carbocycles. The second-order valence-corrected chi connectivity index (χ2v) is 10.5. The van der Waals surface area contributed by atoms with Crippen LogP contribution in [0.2, 0.25) is 0 Å². The standard InChI is InChI=1S/C34H43NO4/c1-5-8-25-12-18-30-28(21-25)15-14-27-13-9-24(6-2)22-31(27)33(30)35(4)19-20-39-29-16-10-26(11-17-29)23-32(34(36)37)38-7-3/h9-13,16-18,21-22,32-33H,5-8,14-15,19-20,23H2,1-4H3,(H,36,37). The Bertz CT molecular complexity index is 1240. The van der Waals surface area contributed by atoms with Crippen molar-refractivity contribution in [1.82, 2.24) is 4.90 Å². The average Bonchev–Trinajstić information content (AvgIpc) is 3.10. The summed E-state index contributed by atoms with van der Waals surface area (Å²) in [6.45, 7) is 7.99. The third-order valence-corrected chi connectivity index (χ3v) is 7.76. The molecular formula is C34H43NO4. The van der Waals surface area contributed by atoms with Crippen LogP contribution in [0.1, 0.15) is 72.2 Å². The molecule has 1 aliphatic rings. The van der Waals surface area contributed by atoms with Crippen LogP contribution in [0, 0.1) is 0 Å². The maximum absolute atomic E-state index is 11.4. The molecule has 0 bridgehead atoms. The minimum absolute atomic E-state index is 0.192. The number of nitrogens with zero attached hydrogens (tertiary/aromatic N) is 1. The third kappa shape index (κ3) is 7.28. The van der Waals surface area contributed by atoms with E-state index in [0.717, 1.165) is 50.0 Å². The van der Waals surface area contributed by atoms with Gasteiger partial charge in [-0.05, 0) is 90.7 Å². The van der Waals surface area contributed by atoms with Crippen LogP contribution < -0.4 is 4.74 Å². The van der Waals surface area contributed by atoms with Crippen molar-refractivity contribution in [3.05, 3.63) is 99.6 Å². The quantitative estimate of drug-likeness (QED) is 0.276. The Balaban J connectivity index is 1.48. The molecule has 1 aliphatic carbocycles. The van der Waals surface area contributed by atoms with Crippen LogP contribution in [0.5, 0.6) is 5.75 Å². The summed E-state index contributed by atoms with van der Waals surface area (Å²) in [5, 5.41) is 9.35. The molecule has 4 rings (SSSR count). The SMILES string of the molecule is CCCc1ccc2c(c1)CCc1ccc(CC)cc1C2N(C)CCOc1ccc(CC(OCC)C(=O)O)cc1. The van der Waals surface area contributed by atoms with Gasteiger partial charge < -0.3 is 14.6 Å². The van der Waals surface area contributed by atoms with Gasteiger partial charge in [-0.3, -0.25) is 4.90 Å². The van der Waals surface area contributed by atoms with Crippen LogP contribution in [0.4, 0.5) is 0 Å². The molecule has 2 unspecified atom stereocenters. The van der Waals surface area contributed by atoms with Crippen LogP contribution >= 0.6 is 0 Å². The monoisotopic (exact) mass is 529 g/mol. The van der Waals surface area contributed by atoms with E-state index in [2.05, 4.69) is 62.2 Å². The minimum Gasteiger partial charge on any atom is -0.492 e. The number of ether oxygens (including phenoxy) is 2. The number of hydrogen-bond acceptors (Lipinski definition) is 4. The molecule has 0 aromatic heterocycles. The molecule has 1 N–H and O–H groups in total. The summed E-state index contributed by atoms with van der Waals surface area (Å²) >= 11 is 0. The maximum atomic E-state index is 11.4. The fourth-order valence-corrected chi connectivity index (χ4v) is 5.64. The van der Waals surface area contributed by atoms with Crippen molar-refractivity contribution in [1.29, 1.82) is 0 Å². The molecule has 5 nitrogen and oxygen atoms in total. The van der Waals surface area contributed by atoms with Gasteiger partial charge in [0.25, 0.3) is 0 Å². The number of rotatable bonds is 13. The van der Waals surface area contributed by atoms with E-state index < -0.39 is 12.1 Å². The number of benzene rings is 3. The zero-order valence-electron chi connectivity index (χ0n) is 23.9. The predicted octanol–water partition coefficient (Wildman–Crippen LogP) is 6.43. The lowest BCUT2D eigenvalue weighted by atomic mass is 9.90. The summed E-state index contributed by atoms with van der Waals surface area (Å²) in [6.07, 6.45) is 4.97. The number of fused-ring (bicyclic) bond motifs is 2. The molecule has 3 aromatic rings. The normalized spacial score (nSPS) is 15.4. The molecule has 0 aliphatic heterocycles. The lowest BCUT2D eigenvalue weighted by Crippen LogP contribution is -2.30. The summed E-state index contributed by atoms with van der Waals surface area (Å²) in [5.41, 5.74) is 9.48. The zero-order valence-corrected chi connectivity index (χ0v) is 23.9. The van der Waals surface area contributed by atoms with Gasteiger partial charge in [-0.1, -0.05) is 68.8 Å². The van der Waals surface area contributed by atoms with E-state index in [1.54, 1.807) is 0 Å². The number of aryl methyl sites for hydroxylation is 4. The van der Waals surface area contributed by atoms with Crippen LogP contribution in [0.25, 0.3) is 0 Å². The van der Waals surface area contributed by atoms with Gasteiger partial charge in [0.2, 0.25) is 0 Å². The number of carboxylic acid groups (broad SMARTS) is 1. The van der Waals surface area contributed by atoms with Gasteiger partial charge >= 0.3 is 5.97 Å². The highest BCUT2D eigenvalue weighted by Gasteiger charge is 2.27. The summed E-state index contributed by atoms with van der Waals surface area (Å²) in [7, 11) is 2.20. The van der Waals surface area contributed by atoms with Crippen LogP contribution in [0.15, 0.2) is 60.7 Å². The van der Waals surface area contributed by atoms with Crippen molar-refractivity contribution >= 4 is 5.97 Å². The van der Waals surface area contributed by atoms with Gasteiger partial charge in [-0.2, -0.15) is 0 Å². The molecule has 0 saturated heterocycles. The van der Waals surface area contributed by atoms with Gasteiger partial charge in [0.05, 0.1) is 6.04 Å². The summed E-state index contributed by atoms with van der Waals surface area (Å²) in [6, 6.07) is 22.0. The average molecular weight is 530 g/mol. The minimum atomic E-state index is -0.936. The van der Waals surface area contributed by atoms with Crippen molar-refractivity contribution in [3.63, 3.8) is 0 Å². The largest absolute Gasteiger partial charge is 0.492 e. The second kappa shape index (κ2) is 13.8. The molecule has 5 heteroatoms. The van der Waals surface area contributed by atoms with E-state index in [0.29, 0.717) is 19.6 Å². The van der Waals surface area contributed by atoms with Gasteiger partial charge in [0.1, 0.15) is 12.4 Å². The molecule has 0 heterocycles. The number of carbonyl (C=O) groups is 1. The van der Waals surface area contributed by atoms with Gasteiger partial charge in [0, 0.05) is 19.6 Å². The molecule has 0 radical (unpaired) electrons. The van der Waals surface area contributed by atoms with Gasteiger partial charge in [0.15, 0.2) is 6.10 Å². The Labute approximate surface area is 233 Å². The van der Waals surface area contributed by atoms with Crippen molar-refractivity contribution in [2.45, 2.75) is 71.4 Å². The highest BCUT2D eigenvalue weighted by atomic mass is 16.5. The molecule has 0 fully saturated rings.